The van der Waals surface area contributed by atoms with Gasteiger partial charge in [-0.2, -0.15) is 0 Å². The lowest BCUT2D eigenvalue weighted by atomic mass is 9.95. The predicted octanol–water partition coefficient (Wildman–Crippen LogP) is 3.60. The fourth-order valence-electron chi connectivity index (χ4n) is 3.22. The fraction of sp³-hybridized carbons (Fsp3) is 0.381. The minimum Gasteiger partial charge on any atom is -0.493 e. The molecule has 1 aliphatic heterocycles. The molecular formula is C21H25NO3. The first-order valence-corrected chi connectivity index (χ1v) is 8.89. The van der Waals surface area contributed by atoms with E-state index in [1.165, 1.54) is 0 Å². The number of para-hydroxylation sites is 1. The van der Waals surface area contributed by atoms with Crippen molar-refractivity contribution in [3.8, 4) is 16.9 Å². The number of ether oxygens (including phenoxy) is 1. The zero-order chi connectivity index (χ0) is 17.8. The Morgan fingerprint density at radius 2 is 2.04 bits per heavy atom. The molecule has 25 heavy (non-hydrogen) atoms. The van der Waals surface area contributed by atoms with Crippen LogP contribution in [0.3, 0.4) is 0 Å². The summed E-state index contributed by atoms with van der Waals surface area (Å²) in [5.41, 5.74) is 2.58. The summed E-state index contributed by atoms with van der Waals surface area (Å²) in [7, 11) is 0. The van der Waals surface area contributed by atoms with Gasteiger partial charge in [-0.3, -0.25) is 4.79 Å². The van der Waals surface area contributed by atoms with Gasteiger partial charge in [-0.25, -0.2) is 0 Å². The van der Waals surface area contributed by atoms with Crippen LogP contribution in [0.2, 0.25) is 0 Å². The highest BCUT2D eigenvalue weighted by Crippen LogP contribution is 2.30. The molecule has 0 spiro atoms. The molecule has 2 aromatic carbocycles. The molecular weight excluding hydrogens is 314 g/mol. The van der Waals surface area contributed by atoms with Crippen LogP contribution in [0.5, 0.6) is 5.75 Å². The number of hydrogen-bond acceptors (Lipinski definition) is 3. The Labute approximate surface area is 149 Å². The maximum absolute atomic E-state index is 12.8. The quantitative estimate of drug-likeness (QED) is 0.926. The number of amides is 1. The molecule has 0 saturated carbocycles. The Bertz CT molecular complexity index is 743. The molecule has 1 N–H and O–H groups in total. The molecule has 4 nitrogen and oxygen atoms in total. The molecule has 2 atom stereocenters. The molecule has 0 bridgehead atoms. The van der Waals surface area contributed by atoms with Gasteiger partial charge in [0.05, 0.1) is 12.7 Å². The summed E-state index contributed by atoms with van der Waals surface area (Å²) in [6.45, 7) is 5.67. The molecule has 1 saturated heterocycles. The van der Waals surface area contributed by atoms with Gasteiger partial charge in [0.2, 0.25) is 0 Å². The van der Waals surface area contributed by atoms with Gasteiger partial charge in [-0.1, -0.05) is 37.3 Å². The number of benzene rings is 2. The number of aliphatic hydroxyl groups excluding tert-OH is 1. The van der Waals surface area contributed by atoms with E-state index in [0.29, 0.717) is 25.3 Å². The van der Waals surface area contributed by atoms with Crippen molar-refractivity contribution in [2.24, 2.45) is 5.92 Å². The molecule has 0 aliphatic carbocycles. The molecule has 2 aromatic rings. The Hall–Kier alpha value is -2.33. The van der Waals surface area contributed by atoms with E-state index < -0.39 is 6.10 Å². The van der Waals surface area contributed by atoms with E-state index in [4.69, 9.17) is 4.74 Å². The second kappa shape index (κ2) is 7.70. The Kier molecular flexibility index (Phi) is 5.39. The van der Waals surface area contributed by atoms with Gasteiger partial charge in [-0.05, 0) is 43.0 Å². The second-order valence-electron chi connectivity index (χ2n) is 6.59. The summed E-state index contributed by atoms with van der Waals surface area (Å²) in [5, 5.41) is 10.1. The first kappa shape index (κ1) is 17.5. The monoisotopic (exact) mass is 339 g/mol. The highest BCUT2D eigenvalue weighted by molar-refractivity contribution is 5.95. The maximum atomic E-state index is 12.8. The number of rotatable bonds is 4. The standard InChI is InChI=1S/C21H25NO3/c1-3-25-20-10-5-4-9-18(20)16-7-6-8-17(13-16)21(24)22-12-11-15(2)19(23)14-22/h4-10,13,15,19,23H,3,11-12,14H2,1-2H3. The van der Waals surface area contributed by atoms with Gasteiger partial charge in [0.25, 0.3) is 5.91 Å². The van der Waals surface area contributed by atoms with Gasteiger partial charge < -0.3 is 14.7 Å². The van der Waals surface area contributed by atoms with E-state index in [1.807, 2.05) is 62.4 Å². The molecule has 0 aromatic heterocycles. The number of hydrogen-bond donors (Lipinski definition) is 1. The average Bonchev–Trinajstić information content (AvgIpc) is 2.64. The minimum atomic E-state index is -0.445. The molecule has 1 amide bonds. The number of carbonyl (C=O) groups is 1. The van der Waals surface area contributed by atoms with Crippen LogP contribution in [0.15, 0.2) is 48.5 Å². The van der Waals surface area contributed by atoms with Crippen LogP contribution in [-0.2, 0) is 0 Å². The van der Waals surface area contributed by atoms with E-state index in [0.717, 1.165) is 23.3 Å². The smallest absolute Gasteiger partial charge is 0.253 e. The van der Waals surface area contributed by atoms with E-state index >= 15 is 0 Å². The largest absolute Gasteiger partial charge is 0.493 e. The van der Waals surface area contributed by atoms with E-state index in [2.05, 4.69) is 0 Å². The second-order valence-corrected chi connectivity index (χ2v) is 6.59. The Morgan fingerprint density at radius 3 is 2.80 bits per heavy atom. The SMILES string of the molecule is CCOc1ccccc1-c1cccc(C(=O)N2CCC(C)C(O)C2)c1. The van der Waals surface area contributed by atoms with Crippen LogP contribution in [0.4, 0.5) is 0 Å². The van der Waals surface area contributed by atoms with Crippen LogP contribution < -0.4 is 4.74 Å². The fourth-order valence-corrected chi connectivity index (χ4v) is 3.22. The third-order valence-corrected chi connectivity index (χ3v) is 4.81. The van der Waals surface area contributed by atoms with E-state index in [1.54, 1.807) is 4.90 Å². The third kappa shape index (κ3) is 3.85. The van der Waals surface area contributed by atoms with Gasteiger partial charge in [0.15, 0.2) is 0 Å². The Balaban J connectivity index is 1.86. The molecule has 2 unspecified atom stereocenters. The summed E-state index contributed by atoms with van der Waals surface area (Å²) in [4.78, 5) is 14.6. The molecule has 4 heteroatoms. The number of likely N-dealkylation sites (tertiary alicyclic amines) is 1. The first-order valence-electron chi connectivity index (χ1n) is 8.89. The number of β-amino-alcohol motifs (C(OH)–C–C–N with tert-alkyl or cyclic N) is 1. The van der Waals surface area contributed by atoms with Gasteiger partial charge in [-0.15, -0.1) is 0 Å². The summed E-state index contributed by atoms with van der Waals surface area (Å²) >= 11 is 0. The lowest BCUT2D eigenvalue weighted by Gasteiger charge is -2.34. The van der Waals surface area contributed by atoms with E-state index in [9.17, 15) is 9.90 Å². The van der Waals surface area contributed by atoms with Crippen LogP contribution in [-0.4, -0.2) is 41.7 Å². The van der Waals surface area contributed by atoms with Crippen molar-refractivity contribution in [3.05, 3.63) is 54.1 Å². The minimum absolute atomic E-state index is 0.0262. The summed E-state index contributed by atoms with van der Waals surface area (Å²) in [5.74, 6) is 1.03. The number of carbonyl (C=O) groups excluding carboxylic acids is 1. The van der Waals surface area contributed by atoms with Crippen LogP contribution in [0, 0.1) is 5.92 Å². The van der Waals surface area contributed by atoms with Crippen molar-refractivity contribution >= 4 is 5.91 Å². The van der Waals surface area contributed by atoms with Crippen molar-refractivity contribution in [1.82, 2.24) is 4.90 Å². The van der Waals surface area contributed by atoms with E-state index in [-0.39, 0.29) is 11.8 Å². The normalized spacial score (nSPS) is 20.4. The van der Waals surface area contributed by atoms with Gasteiger partial charge in [0, 0.05) is 24.2 Å². The molecule has 0 radical (unpaired) electrons. The number of aliphatic hydroxyl groups is 1. The predicted molar refractivity (Wildman–Crippen MR) is 98.7 cm³/mol. The van der Waals surface area contributed by atoms with Gasteiger partial charge >= 0.3 is 0 Å². The number of piperidine rings is 1. The summed E-state index contributed by atoms with van der Waals surface area (Å²) in [6.07, 6.45) is 0.388. The van der Waals surface area contributed by atoms with Crippen LogP contribution in [0.25, 0.3) is 11.1 Å². The van der Waals surface area contributed by atoms with Crippen molar-refractivity contribution in [2.45, 2.75) is 26.4 Å². The zero-order valence-corrected chi connectivity index (χ0v) is 14.8. The molecule has 3 rings (SSSR count). The topological polar surface area (TPSA) is 49.8 Å². The first-order chi connectivity index (χ1) is 12.1. The van der Waals surface area contributed by atoms with Crippen LogP contribution >= 0.6 is 0 Å². The molecule has 132 valence electrons. The Morgan fingerprint density at radius 1 is 1.24 bits per heavy atom. The van der Waals surface area contributed by atoms with Crippen molar-refractivity contribution in [2.75, 3.05) is 19.7 Å². The van der Waals surface area contributed by atoms with Crippen molar-refractivity contribution < 1.29 is 14.6 Å². The van der Waals surface area contributed by atoms with Crippen LogP contribution in [0.1, 0.15) is 30.6 Å². The highest BCUT2D eigenvalue weighted by atomic mass is 16.5. The van der Waals surface area contributed by atoms with Crippen molar-refractivity contribution in [1.29, 1.82) is 0 Å². The lowest BCUT2D eigenvalue weighted by molar-refractivity contribution is 0.0248. The summed E-state index contributed by atoms with van der Waals surface area (Å²) in [6, 6.07) is 15.5. The average molecular weight is 339 g/mol. The lowest BCUT2D eigenvalue weighted by Crippen LogP contribution is -2.45. The molecule has 1 heterocycles. The third-order valence-electron chi connectivity index (χ3n) is 4.81. The molecule has 1 fully saturated rings. The number of nitrogens with zero attached hydrogens (tertiary/aromatic N) is 1. The zero-order valence-electron chi connectivity index (χ0n) is 14.8. The summed E-state index contributed by atoms with van der Waals surface area (Å²) < 4.78 is 5.71. The van der Waals surface area contributed by atoms with Crippen molar-refractivity contribution in [3.63, 3.8) is 0 Å². The highest BCUT2D eigenvalue weighted by Gasteiger charge is 2.28. The molecule has 1 aliphatic rings. The van der Waals surface area contributed by atoms with Gasteiger partial charge in [0.1, 0.15) is 5.75 Å². The maximum Gasteiger partial charge on any atom is 0.253 e.